The first-order chi connectivity index (χ1) is 16.0. The van der Waals surface area contributed by atoms with E-state index in [1.54, 1.807) is 65.9 Å². The molecule has 1 amide bonds. The van der Waals surface area contributed by atoms with Gasteiger partial charge in [0.2, 0.25) is 0 Å². The standard InChI is InChI=1S/C25H23N3O3S2/c29-25(18-12-14-20(15-13-18)27-33(30,31)21-8-2-1-3-9-21)28-16-6-7-19(17-28)24-26-22-10-4-5-11-23(22)32-24/h1-5,8-15,19,27H,6-7,16-17H2/t19-/m0/s1. The van der Waals surface area contributed by atoms with Gasteiger partial charge in [0.25, 0.3) is 15.9 Å². The number of rotatable bonds is 5. The van der Waals surface area contributed by atoms with Crippen LogP contribution in [0.1, 0.15) is 34.1 Å². The largest absolute Gasteiger partial charge is 0.338 e. The molecule has 0 radical (unpaired) electrons. The molecule has 0 spiro atoms. The van der Waals surface area contributed by atoms with Crippen LogP contribution in [-0.2, 0) is 10.0 Å². The highest BCUT2D eigenvalue weighted by molar-refractivity contribution is 7.92. The fourth-order valence-corrected chi connectivity index (χ4v) is 6.28. The topological polar surface area (TPSA) is 79.4 Å². The summed E-state index contributed by atoms with van der Waals surface area (Å²) in [5.74, 6) is 0.190. The number of nitrogens with zero attached hydrogens (tertiary/aromatic N) is 2. The van der Waals surface area contributed by atoms with Crippen molar-refractivity contribution in [3.63, 3.8) is 0 Å². The fraction of sp³-hybridized carbons (Fsp3) is 0.200. The van der Waals surface area contributed by atoms with Gasteiger partial charge in [-0.25, -0.2) is 13.4 Å². The lowest BCUT2D eigenvalue weighted by Gasteiger charge is -2.32. The third-order valence-electron chi connectivity index (χ3n) is 5.81. The number of fused-ring (bicyclic) bond motifs is 1. The molecule has 1 aromatic heterocycles. The zero-order chi connectivity index (χ0) is 22.8. The lowest BCUT2D eigenvalue weighted by atomic mass is 9.98. The van der Waals surface area contributed by atoms with Gasteiger partial charge in [-0.1, -0.05) is 30.3 Å². The fourth-order valence-electron chi connectivity index (χ4n) is 4.10. The summed E-state index contributed by atoms with van der Waals surface area (Å²) in [4.78, 5) is 20.0. The minimum atomic E-state index is -3.67. The molecule has 168 valence electrons. The molecule has 3 aromatic carbocycles. The van der Waals surface area contributed by atoms with E-state index < -0.39 is 10.0 Å². The molecule has 33 heavy (non-hydrogen) atoms. The number of thiazole rings is 1. The van der Waals surface area contributed by atoms with Crippen LogP contribution in [0, 0.1) is 0 Å². The van der Waals surface area contributed by atoms with E-state index in [0.717, 1.165) is 23.4 Å². The predicted octanol–water partition coefficient (Wildman–Crippen LogP) is 5.12. The Kier molecular flexibility index (Phi) is 5.86. The summed E-state index contributed by atoms with van der Waals surface area (Å²) in [7, 11) is -3.67. The molecule has 8 heteroatoms. The van der Waals surface area contributed by atoms with E-state index in [4.69, 9.17) is 4.98 Å². The minimum Gasteiger partial charge on any atom is -0.338 e. The summed E-state index contributed by atoms with van der Waals surface area (Å²) in [6.45, 7) is 1.35. The maximum absolute atomic E-state index is 13.1. The predicted molar refractivity (Wildman–Crippen MR) is 131 cm³/mol. The van der Waals surface area contributed by atoms with Crippen molar-refractivity contribution in [3.8, 4) is 0 Å². The maximum atomic E-state index is 13.1. The number of likely N-dealkylation sites (tertiary alicyclic amines) is 1. The van der Waals surface area contributed by atoms with Gasteiger partial charge in [0.05, 0.1) is 20.1 Å². The Morgan fingerprint density at radius 2 is 1.70 bits per heavy atom. The van der Waals surface area contributed by atoms with Gasteiger partial charge in [0.15, 0.2) is 0 Å². The minimum absolute atomic E-state index is 0.0433. The second-order valence-electron chi connectivity index (χ2n) is 8.11. The van der Waals surface area contributed by atoms with Crippen molar-refractivity contribution in [1.29, 1.82) is 0 Å². The lowest BCUT2D eigenvalue weighted by molar-refractivity contribution is 0.0707. The van der Waals surface area contributed by atoms with Crippen molar-refractivity contribution in [1.82, 2.24) is 9.88 Å². The van der Waals surface area contributed by atoms with Crippen LogP contribution < -0.4 is 4.72 Å². The third kappa shape index (κ3) is 4.62. The van der Waals surface area contributed by atoms with E-state index in [1.807, 2.05) is 23.1 Å². The molecule has 5 rings (SSSR count). The number of hydrogen-bond acceptors (Lipinski definition) is 5. The van der Waals surface area contributed by atoms with Crippen molar-refractivity contribution in [2.45, 2.75) is 23.7 Å². The molecule has 0 bridgehead atoms. The number of piperidine rings is 1. The molecule has 1 saturated heterocycles. The first-order valence-corrected chi connectivity index (χ1v) is 13.1. The van der Waals surface area contributed by atoms with E-state index in [-0.39, 0.29) is 16.7 Å². The normalized spacial score (nSPS) is 16.6. The van der Waals surface area contributed by atoms with E-state index >= 15 is 0 Å². The van der Waals surface area contributed by atoms with E-state index in [1.165, 1.54) is 4.70 Å². The van der Waals surface area contributed by atoms with Gasteiger partial charge < -0.3 is 4.90 Å². The zero-order valence-electron chi connectivity index (χ0n) is 17.8. The molecule has 1 atom stereocenters. The van der Waals surface area contributed by atoms with Gasteiger partial charge in [-0.05, 0) is 61.4 Å². The Balaban J connectivity index is 1.28. The van der Waals surface area contributed by atoms with E-state index in [9.17, 15) is 13.2 Å². The number of anilines is 1. The van der Waals surface area contributed by atoms with Gasteiger partial charge in [0.1, 0.15) is 0 Å². The highest BCUT2D eigenvalue weighted by atomic mass is 32.2. The van der Waals surface area contributed by atoms with Crippen molar-refractivity contribution < 1.29 is 13.2 Å². The summed E-state index contributed by atoms with van der Waals surface area (Å²) in [6.07, 6.45) is 1.95. The van der Waals surface area contributed by atoms with Crippen molar-refractivity contribution >= 4 is 43.2 Å². The average molecular weight is 478 g/mol. The summed E-state index contributed by atoms with van der Waals surface area (Å²) in [6, 6.07) is 22.9. The quantitative estimate of drug-likeness (QED) is 0.433. The molecule has 6 nitrogen and oxygen atoms in total. The van der Waals surface area contributed by atoms with Crippen LogP contribution in [0.4, 0.5) is 5.69 Å². The Labute approximate surface area is 197 Å². The summed E-state index contributed by atoms with van der Waals surface area (Å²) in [5.41, 5.74) is 1.97. The first kappa shape index (κ1) is 21.6. The second-order valence-corrected chi connectivity index (χ2v) is 10.9. The Morgan fingerprint density at radius 3 is 2.45 bits per heavy atom. The Hall–Kier alpha value is -3.23. The van der Waals surface area contributed by atoms with Crippen LogP contribution in [0.25, 0.3) is 10.2 Å². The van der Waals surface area contributed by atoms with Crippen molar-refractivity contribution in [2.75, 3.05) is 17.8 Å². The van der Waals surface area contributed by atoms with Gasteiger partial charge in [-0.3, -0.25) is 9.52 Å². The van der Waals surface area contributed by atoms with Crippen molar-refractivity contribution in [3.05, 3.63) is 89.4 Å². The molecule has 1 fully saturated rings. The maximum Gasteiger partial charge on any atom is 0.261 e. The van der Waals surface area contributed by atoms with Crippen molar-refractivity contribution in [2.24, 2.45) is 0 Å². The van der Waals surface area contributed by atoms with Crippen LogP contribution in [0.2, 0.25) is 0 Å². The SMILES string of the molecule is O=C(c1ccc(NS(=O)(=O)c2ccccc2)cc1)N1CCC[C@H](c2nc3ccccc3s2)C1. The number of nitrogens with one attached hydrogen (secondary N) is 1. The molecule has 1 aliphatic heterocycles. The Bertz CT molecular complexity index is 1350. The molecule has 4 aromatic rings. The molecule has 0 saturated carbocycles. The number of sulfonamides is 1. The molecule has 2 heterocycles. The van der Waals surface area contributed by atoms with Gasteiger partial charge in [0, 0.05) is 30.3 Å². The highest BCUT2D eigenvalue weighted by Gasteiger charge is 2.27. The molecule has 1 aliphatic rings. The number of aromatic nitrogens is 1. The first-order valence-electron chi connectivity index (χ1n) is 10.8. The second kappa shape index (κ2) is 8.96. The smallest absolute Gasteiger partial charge is 0.261 e. The van der Waals surface area contributed by atoms with Crippen LogP contribution in [0.5, 0.6) is 0 Å². The summed E-state index contributed by atoms with van der Waals surface area (Å²) in [5, 5.41) is 1.08. The molecular weight excluding hydrogens is 454 g/mol. The lowest BCUT2D eigenvalue weighted by Crippen LogP contribution is -2.39. The monoisotopic (exact) mass is 477 g/mol. The van der Waals surface area contributed by atoms with Crippen LogP contribution in [0.15, 0.2) is 83.8 Å². The average Bonchev–Trinajstić information content (AvgIpc) is 3.29. The molecule has 0 unspecified atom stereocenters. The number of carbonyl (C=O) groups is 1. The van der Waals surface area contributed by atoms with Crippen LogP contribution in [-0.4, -0.2) is 37.3 Å². The van der Waals surface area contributed by atoms with Gasteiger partial charge in [-0.2, -0.15) is 0 Å². The molecular formula is C25H23N3O3S2. The van der Waals surface area contributed by atoms with E-state index in [2.05, 4.69) is 10.8 Å². The zero-order valence-corrected chi connectivity index (χ0v) is 19.5. The molecule has 1 N–H and O–H groups in total. The highest BCUT2D eigenvalue weighted by Crippen LogP contribution is 2.33. The van der Waals surface area contributed by atoms with Gasteiger partial charge >= 0.3 is 0 Å². The molecule has 0 aliphatic carbocycles. The van der Waals surface area contributed by atoms with E-state index in [0.29, 0.717) is 24.3 Å². The number of amides is 1. The number of para-hydroxylation sites is 1. The van der Waals surface area contributed by atoms with Gasteiger partial charge in [-0.15, -0.1) is 11.3 Å². The number of hydrogen-bond donors (Lipinski definition) is 1. The van der Waals surface area contributed by atoms with Crippen LogP contribution in [0.3, 0.4) is 0 Å². The van der Waals surface area contributed by atoms with Crippen LogP contribution >= 0.6 is 11.3 Å². The summed E-state index contributed by atoms with van der Waals surface area (Å²) < 4.78 is 28.8. The summed E-state index contributed by atoms with van der Waals surface area (Å²) >= 11 is 1.70. The number of carbonyl (C=O) groups excluding carboxylic acids is 1. The Morgan fingerprint density at radius 1 is 0.970 bits per heavy atom. The number of benzene rings is 3. The third-order valence-corrected chi connectivity index (χ3v) is 8.40.